The van der Waals surface area contributed by atoms with Gasteiger partial charge >= 0.3 is 0 Å². The van der Waals surface area contributed by atoms with Crippen LogP contribution in [0.1, 0.15) is 10.4 Å². The Bertz CT molecular complexity index is 677. The zero-order valence-electron chi connectivity index (χ0n) is 9.60. The third-order valence-corrected chi connectivity index (χ3v) is 3.12. The lowest BCUT2D eigenvalue weighted by molar-refractivity contribution is 0.108. The highest BCUT2D eigenvalue weighted by Crippen LogP contribution is 2.28. The predicted octanol–water partition coefficient (Wildman–Crippen LogP) is 2.77. The first kappa shape index (κ1) is 10.1. The number of hydrogen-bond acceptors (Lipinski definition) is 1. The summed E-state index contributed by atoms with van der Waals surface area (Å²) in [4.78, 5) is 11.9. The van der Waals surface area contributed by atoms with Crippen molar-refractivity contribution >= 4 is 35.1 Å². The predicted molar refractivity (Wildman–Crippen MR) is 74.3 cm³/mol. The standard InChI is InChI=1S/C15H11BO/c16-15(17)14-12-7-3-1-5-10(12)9-11-6-2-4-8-13(11)14/h1-9H,16H2. The highest BCUT2D eigenvalue weighted by Gasteiger charge is 2.09. The van der Waals surface area contributed by atoms with Gasteiger partial charge in [-0.3, -0.25) is 0 Å². The van der Waals surface area contributed by atoms with E-state index < -0.39 is 0 Å². The third-order valence-electron chi connectivity index (χ3n) is 3.12. The van der Waals surface area contributed by atoms with Crippen molar-refractivity contribution in [3.05, 3.63) is 60.2 Å². The lowest BCUT2D eigenvalue weighted by Gasteiger charge is -2.08. The maximum absolute atomic E-state index is 11.9. The highest BCUT2D eigenvalue weighted by molar-refractivity contribution is 6.64. The highest BCUT2D eigenvalue weighted by atomic mass is 16.1. The summed E-state index contributed by atoms with van der Waals surface area (Å²) in [5.74, 6) is 0. The van der Waals surface area contributed by atoms with Gasteiger partial charge in [0.05, 0.1) is 0 Å². The van der Waals surface area contributed by atoms with Gasteiger partial charge < -0.3 is 4.79 Å². The van der Waals surface area contributed by atoms with Crippen LogP contribution >= 0.6 is 0 Å². The minimum Gasteiger partial charge on any atom is -0.307 e. The van der Waals surface area contributed by atoms with Crippen LogP contribution in [0.15, 0.2) is 54.6 Å². The molecular weight excluding hydrogens is 207 g/mol. The summed E-state index contributed by atoms with van der Waals surface area (Å²) in [5, 5.41) is 4.32. The molecule has 0 radical (unpaired) electrons. The number of carbonyl (C=O) groups excluding carboxylic acids is 1. The van der Waals surface area contributed by atoms with Crippen LogP contribution < -0.4 is 0 Å². The van der Waals surface area contributed by atoms with Crippen molar-refractivity contribution < 1.29 is 4.79 Å². The second-order valence-electron chi connectivity index (χ2n) is 4.25. The minimum absolute atomic E-state index is 0.123. The molecule has 0 aliphatic rings. The normalized spacial score (nSPS) is 10.8. The maximum atomic E-state index is 11.9. The van der Waals surface area contributed by atoms with E-state index in [1.165, 1.54) is 0 Å². The van der Waals surface area contributed by atoms with Crippen LogP contribution in [-0.2, 0) is 0 Å². The van der Waals surface area contributed by atoms with Gasteiger partial charge in [0.2, 0.25) is 0 Å². The summed E-state index contributed by atoms with van der Waals surface area (Å²) < 4.78 is 0. The van der Waals surface area contributed by atoms with Crippen molar-refractivity contribution in [1.29, 1.82) is 0 Å². The van der Waals surface area contributed by atoms with Crippen LogP contribution in [0.5, 0.6) is 0 Å². The Morgan fingerprint density at radius 1 is 0.824 bits per heavy atom. The fourth-order valence-electron chi connectivity index (χ4n) is 2.39. The summed E-state index contributed by atoms with van der Waals surface area (Å²) >= 11 is 0. The van der Waals surface area contributed by atoms with Gasteiger partial charge in [0.1, 0.15) is 5.68 Å². The molecule has 0 amide bonds. The molecule has 0 aromatic heterocycles. The molecule has 3 rings (SSSR count). The third kappa shape index (κ3) is 1.53. The first-order valence-electron chi connectivity index (χ1n) is 5.69. The summed E-state index contributed by atoms with van der Waals surface area (Å²) in [6, 6.07) is 18.2. The van der Waals surface area contributed by atoms with E-state index in [2.05, 4.69) is 6.07 Å². The van der Waals surface area contributed by atoms with E-state index in [0.29, 0.717) is 0 Å². The monoisotopic (exact) mass is 218 g/mol. The second kappa shape index (κ2) is 3.74. The Hall–Kier alpha value is -2.09. The first-order valence-corrected chi connectivity index (χ1v) is 5.69. The van der Waals surface area contributed by atoms with E-state index in [9.17, 15) is 4.79 Å². The molecule has 80 valence electrons. The minimum atomic E-state index is 0.123. The van der Waals surface area contributed by atoms with Crippen LogP contribution in [0.25, 0.3) is 21.5 Å². The van der Waals surface area contributed by atoms with Gasteiger partial charge in [0.25, 0.3) is 0 Å². The largest absolute Gasteiger partial charge is 0.307 e. The zero-order valence-corrected chi connectivity index (χ0v) is 9.60. The van der Waals surface area contributed by atoms with Crippen molar-refractivity contribution in [2.45, 2.75) is 0 Å². The van der Waals surface area contributed by atoms with Gasteiger partial charge in [-0.15, -0.1) is 0 Å². The number of rotatable bonds is 1. The first-order chi connectivity index (χ1) is 8.27. The van der Waals surface area contributed by atoms with Crippen molar-refractivity contribution in [3.8, 4) is 0 Å². The molecular formula is C15H11BO. The van der Waals surface area contributed by atoms with Gasteiger partial charge in [-0.2, -0.15) is 0 Å². The van der Waals surface area contributed by atoms with Crippen LogP contribution in [0.2, 0.25) is 0 Å². The van der Waals surface area contributed by atoms with E-state index >= 15 is 0 Å². The Kier molecular flexibility index (Phi) is 2.22. The van der Waals surface area contributed by atoms with Crippen molar-refractivity contribution in [2.24, 2.45) is 0 Å². The van der Waals surface area contributed by atoms with E-state index in [0.717, 1.165) is 27.1 Å². The molecule has 0 aliphatic heterocycles. The molecule has 0 aliphatic carbocycles. The molecule has 0 fully saturated rings. The topological polar surface area (TPSA) is 17.1 Å². The smallest absolute Gasteiger partial charge is 0.193 e. The molecule has 0 N–H and O–H groups in total. The van der Waals surface area contributed by atoms with E-state index in [4.69, 9.17) is 0 Å². The number of fused-ring (bicyclic) bond motifs is 2. The van der Waals surface area contributed by atoms with Crippen LogP contribution in [0, 0.1) is 0 Å². The van der Waals surface area contributed by atoms with Crippen LogP contribution in [0.4, 0.5) is 0 Å². The molecule has 0 unspecified atom stereocenters. The molecule has 3 aromatic rings. The van der Waals surface area contributed by atoms with Gasteiger partial charge in [-0.25, -0.2) is 0 Å². The molecule has 0 spiro atoms. The summed E-state index contributed by atoms with van der Waals surface area (Å²) in [5.41, 5.74) is 0.955. The van der Waals surface area contributed by atoms with E-state index in [1.807, 2.05) is 48.5 Å². The lowest BCUT2D eigenvalue weighted by atomic mass is 9.86. The van der Waals surface area contributed by atoms with Crippen molar-refractivity contribution in [1.82, 2.24) is 0 Å². The van der Waals surface area contributed by atoms with Crippen molar-refractivity contribution in [3.63, 3.8) is 0 Å². The fraction of sp³-hybridized carbons (Fsp3) is 0. The number of carbonyl (C=O) groups is 1. The molecule has 1 nitrogen and oxygen atoms in total. The SMILES string of the molecule is BC(=O)c1c2ccccc2cc2ccccc12. The van der Waals surface area contributed by atoms with E-state index in [-0.39, 0.29) is 5.68 Å². The molecule has 0 atom stereocenters. The molecule has 0 saturated heterocycles. The van der Waals surface area contributed by atoms with Gasteiger partial charge in [0, 0.05) is 5.56 Å². The average molecular weight is 218 g/mol. The Morgan fingerprint density at radius 2 is 1.29 bits per heavy atom. The average Bonchev–Trinajstić information content (AvgIpc) is 2.35. The fourth-order valence-corrected chi connectivity index (χ4v) is 2.39. The van der Waals surface area contributed by atoms with E-state index in [1.54, 1.807) is 7.85 Å². The second-order valence-corrected chi connectivity index (χ2v) is 4.25. The van der Waals surface area contributed by atoms with Gasteiger partial charge in [0.15, 0.2) is 7.85 Å². The van der Waals surface area contributed by atoms with Crippen LogP contribution in [-0.4, -0.2) is 13.5 Å². The molecule has 17 heavy (non-hydrogen) atoms. The molecule has 2 heteroatoms. The summed E-state index contributed by atoms with van der Waals surface area (Å²) in [6.45, 7) is 0. The molecule has 0 bridgehead atoms. The quantitative estimate of drug-likeness (QED) is 0.453. The summed E-state index contributed by atoms with van der Waals surface area (Å²) in [7, 11) is 1.63. The zero-order chi connectivity index (χ0) is 11.8. The Balaban J connectivity index is 2.61. The molecule has 0 saturated carbocycles. The Labute approximate surface area is 100 Å². The maximum Gasteiger partial charge on any atom is 0.193 e. The molecule has 3 aromatic carbocycles. The van der Waals surface area contributed by atoms with Gasteiger partial charge in [-0.1, -0.05) is 48.5 Å². The van der Waals surface area contributed by atoms with Crippen molar-refractivity contribution in [2.75, 3.05) is 0 Å². The van der Waals surface area contributed by atoms with Gasteiger partial charge in [-0.05, 0) is 27.6 Å². The lowest BCUT2D eigenvalue weighted by Crippen LogP contribution is -2.00. The molecule has 0 heterocycles. The number of benzene rings is 3. The summed E-state index contributed by atoms with van der Waals surface area (Å²) in [6.07, 6.45) is 0. The van der Waals surface area contributed by atoms with Crippen LogP contribution in [0.3, 0.4) is 0 Å². The Morgan fingerprint density at radius 3 is 1.76 bits per heavy atom. The number of hydrogen-bond donors (Lipinski definition) is 0.